The van der Waals surface area contributed by atoms with E-state index in [0.29, 0.717) is 18.3 Å². The highest BCUT2D eigenvalue weighted by atomic mass is 16.3. The van der Waals surface area contributed by atoms with Crippen LogP contribution in [0.2, 0.25) is 0 Å². The molecule has 4 saturated carbocycles. The first kappa shape index (κ1) is 16.8. The highest BCUT2D eigenvalue weighted by Gasteiger charge is 2.57. The van der Waals surface area contributed by atoms with Gasteiger partial charge in [0.05, 0.1) is 5.60 Å². The van der Waals surface area contributed by atoms with Gasteiger partial charge < -0.3 is 10.4 Å². The molecule has 0 radical (unpaired) electrons. The quantitative estimate of drug-likeness (QED) is 0.685. The van der Waals surface area contributed by atoms with Crippen LogP contribution in [0.25, 0.3) is 11.1 Å². The fraction of sp³-hybridized carbons (Fsp3) is 0.480. The molecule has 2 N–H and O–H groups in total. The normalized spacial score (nSPS) is 34.2. The second kappa shape index (κ2) is 5.70. The minimum atomic E-state index is -0.498. The number of carbonyl (C=O) groups is 1. The zero-order valence-electron chi connectivity index (χ0n) is 16.2. The average molecular weight is 373 g/mol. The minimum Gasteiger partial charge on any atom is -0.390 e. The largest absolute Gasteiger partial charge is 0.390 e. The fourth-order valence-corrected chi connectivity index (χ4v) is 7.36. The lowest BCUT2D eigenvalue weighted by Gasteiger charge is -2.60. The van der Waals surface area contributed by atoms with E-state index in [4.69, 9.17) is 0 Å². The number of rotatable bonds is 3. The van der Waals surface area contributed by atoms with Gasteiger partial charge in [0.25, 0.3) is 0 Å². The van der Waals surface area contributed by atoms with Crippen LogP contribution >= 0.6 is 0 Å². The topological polar surface area (TPSA) is 49.3 Å². The van der Waals surface area contributed by atoms with E-state index in [1.165, 1.54) is 28.7 Å². The number of carbonyl (C=O) groups excluding carboxylic acids is 1. The van der Waals surface area contributed by atoms with Crippen LogP contribution in [-0.4, -0.2) is 16.6 Å². The van der Waals surface area contributed by atoms with E-state index in [2.05, 4.69) is 41.7 Å². The van der Waals surface area contributed by atoms with Crippen LogP contribution in [0.15, 0.2) is 42.5 Å². The number of fused-ring (bicyclic) bond motifs is 3. The Bertz CT molecular complexity index is 964. The van der Waals surface area contributed by atoms with E-state index < -0.39 is 5.60 Å². The van der Waals surface area contributed by atoms with Gasteiger partial charge in [0.2, 0.25) is 5.91 Å². The highest BCUT2D eigenvalue weighted by Crippen LogP contribution is 2.62. The first-order chi connectivity index (χ1) is 13.5. The predicted octanol–water partition coefficient (Wildman–Crippen LogP) is 4.92. The molecule has 7 rings (SSSR count). The Kier molecular flexibility index (Phi) is 3.42. The average Bonchev–Trinajstić information content (AvgIpc) is 2.97. The van der Waals surface area contributed by atoms with Crippen molar-refractivity contribution in [2.24, 2.45) is 17.3 Å². The summed E-state index contributed by atoms with van der Waals surface area (Å²) in [7, 11) is 0. The van der Waals surface area contributed by atoms with Gasteiger partial charge in [-0.15, -0.1) is 0 Å². The van der Waals surface area contributed by atoms with Crippen molar-refractivity contribution in [1.29, 1.82) is 0 Å². The van der Waals surface area contributed by atoms with E-state index in [0.717, 1.165) is 44.2 Å². The maximum Gasteiger partial charge on any atom is 0.224 e. The van der Waals surface area contributed by atoms with Crippen molar-refractivity contribution in [1.82, 2.24) is 0 Å². The van der Waals surface area contributed by atoms with Crippen LogP contribution < -0.4 is 5.32 Å². The number of benzene rings is 2. The van der Waals surface area contributed by atoms with Gasteiger partial charge in [-0.3, -0.25) is 4.79 Å². The van der Waals surface area contributed by atoms with Crippen molar-refractivity contribution >= 4 is 11.6 Å². The van der Waals surface area contributed by atoms with Gasteiger partial charge >= 0.3 is 0 Å². The summed E-state index contributed by atoms with van der Waals surface area (Å²) in [5.41, 5.74) is 5.65. The van der Waals surface area contributed by atoms with Crippen molar-refractivity contribution in [3.8, 4) is 11.1 Å². The van der Waals surface area contributed by atoms with Crippen molar-refractivity contribution in [2.45, 2.75) is 57.0 Å². The van der Waals surface area contributed by atoms with Gasteiger partial charge in [-0.1, -0.05) is 30.3 Å². The Morgan fingerprint density at radius 1 is 1.00 bits per heavy atom. The number of nitrogens with one attached hydrogen (secondary N) is 1. The van der Waals surface area contributed by atoms with Crippen molar-refractivity contribution in [3.63, 3.8) is 0 Å². The molecule has 1 amide bonds. The van der Waals surface area contributed by atoms with Gasteiger partial charge in [-0.2, -0.15) is 0 Å². The molecule has 4 fully saturated rings. The lowest BCUT2D eigenvalue weighted by molar-refractivity contribution is -0.167. The molecule has 2 aromatic rings. The molecule has 3 nitrogen and oxygen atoms in total. The second-order valence-electron chi connectivity index (χ2n) is 10.1. The van der Waals surface area contributed by atoms with Crippen LogP contribution in [0, 0.1) is 17.3 Å². The molecule has 0 aromatic heterocycles. The summed E-state index contributed by atoms with van der Waals surface area (Å²) in [6.07, 6.45) is 7.76. The molecular formula is C25H27NO2. The third-order valence-electron chi connectivity index (χ3n) is 7.77. The lowest BCUT2D eigenvalue weighted by Crippen LogP contribution is -2.56. The zero-order valence-corrected chi connectivity index (χ0v) is 16.2. The lowest BCUT2D eigenvalue weighted by atomic mass is 9.47. The third-order valence-corrected chi connectivity index (χ3v) is 7.77. The Balaban J connectivity index is 1.21. The van der Waals surface area contributed by atoms with Gasteiger partial charge in [-0.05, 0) is 96.6 Å². The van der Waals surface area contributed by atoms with E-state index in [1.54, 1.807) is 0 Å². The third kappa shape index (κ3) is 2.63. The molecule has 4 atom stereocenters. The second-order valence-corrected chi connectivity index (χ2v) is 10.1. The molecule has 5 aliphatic rings. The number of hydrogen-bond acceptors (Lipinski definition) is 2. The molecule has 5 aliphatic carbocycles. The van der Waals surface area contributed by atoms with Crippen LogP contribution in [0.1, 0.15) is 56.1 Å². The first-order valence-electron chi connectivity index (χ1n) is 10.7. The van der Waals surface area contributed by atoms with Gasteiger partial charge in [0.1, 0.15) is 0 Å². The Morgan fingerprint density at radius 3 is 2.54 bits per heavy atom. The van der Waals surface area contributed by atoms with E-state index in [-0.39, 0.29) is 11.3 Å². The Hall–Kier alpha value is -2.13. The van der Waals surface area contributed by atoms with Gasteiger partial charge in [0, 0.05) is 12.1 Å². The molecule has 144 valence electrons. The standard InChI is InChI=1S/C25H27NO2/c27-23(14-24-10-16-7-17(11-24)13-25(28,12-16)15-24)26-20-6-5-19-8-18-3-1-2-4-21(18)22(19)9-20/h1-6,9,16-17,28H,7-8,10-15H2,(H,26,27)/t16-,17+,24?,25?. The van der Waals surface area contributed by atoms with Crippen molar-refractivity contribution < 1.29 is 9.90 Å². The summed E-state index contributed by atoms with van der Waals surface area (Å²) in [5.74, 6) is 1.35. The van der Waals surface area contributed by atoms with Crippen molar-refractivity contribution in [2.75, 3.05) is 5.32 Å². The number of hydrogen-bond donors (Lipinski definition) is 2. The minimum absolute atomic E-state index is 0.0201. The SMILES string of the molecule is O=C(CC12C[C@@H]3C[C@@H](CC(O)(C3)C1)C2)Nc1ccc2c(c1)-c1ccccc1C2. The smallest absolute Gasteiger partial charge is 0.224 e. The molecule has 2 unspecified atom stereocenters. The van der Waals surface area contributed by atoms with Crippen LogP contribution in [0.4, 0.5) is 5.69 Å². The van der Waals surface area contributed by atoms with Crippen LogP contribution in [0.3, 0.4) is 0 Å². The molecular weight excluding hydrogens is 346 g/mol. The van der Waals surface area contributed by atoms with Crippen LogP contribution in [-0.2, 0) is 11.2 Å². The van der Waals surface area contributed by atoms with E-state index in [9.17, 15) is 9.90 Å². The molecule has 3 heteroatoms. The van der Waals surface area contributed by atoms with E-state index >= 15 is 0 Å². The number of amides is 1. The molecule has 2 aromatic carbocycles. The Labute approximate surface area is 166 Å². The molecule has 0 spiro atoms. The molecule has 0 saturated heterocycles. The van der Waals surface area contributed by atoms with Crippen LogP contribution in [0.5, 0.6) is 0 Å². The molecule has 0 aliphatic heterocycles. The van der Waals surface area contributed by atoms with Gasteiger partial charge in [-0.25, -0.2) is 0 Å². The highest BCUT2D eigenvalue weighted by molar-refractivity contribution is 5.92. The molecule has 4 bridgehead atoms. The van der Waals surface area contributed by atoms with Crippen molar-refractivity contribution in [3.05, 3.63) is 53.6 Å². The van der Waals surface area contributed by atoms with Gasteiger partial charge in [0.15, 0.2) is 0 Å². The summed E-state index contributed by atoms with van der Waals surface area (Å²) in [5, 5.41) is 14.1. The summed E-state index contributed by atoms with van der Waals surface area (Å²) in [6, 6.07) is 14.8. The summed E-state index contributed by atoms with van der Waals surface area (Å²) < 4.78 is 0. The van der Waals surface area contributed by atoms with E-state index in [1.807, 2.05) is 6.07 Å². The maximum absolute atomic E-state index is 13.0. The monoisotopic (exact) mass is 373 g/mol. The molecule has 28 heavy (non-hydrogen) atoms. The summed E-state index contributed by atoms with van der Waals surface area (Å²) in [4.78, 5) is 13.0. The number of aliphatic hydroxyl groups is 1. The maximum atomic E-state index is 13.0. The summed E-state index contributed by atoms with van der Waals surface area (Å²) in [6.45, 7) is 0. The fourth-order valence-electron chi connectivity index (χ4n) is 7.36. The predicted molar refractivity (Wildman–Crippen MR) is 110 cm³/mol. The zero-order chi connectivity index (χ0) is 18.9. The molecule has 0 heterocycles. The first-order valence-corrected chi connectivity index (χ1v) is 10.7. The Morgan fingerprint density at radius 2 is 1.75 bits per heavy atom. The number of anilines is 1. The summed E-state index contributed by atoms with van der Waals surface area (Å²) >= 11 is 0.